The molecule has 1 aliphatic rings. The van der Waals surface area contributed by atoms with Crippen LogP contribution in [0.1, 0.15) is 63.9 Å². The fourth-order valence-electron chi connectivity index (χ4n) is 4.92. The van der Waals surface area contributed by atoms with Gasteiger partial charge in [0.05, 0.1) is 23.0 Å². The quantitative estimate of drug-likeness (QED) is 0.254. The van der Waals surface area contributed by atoms with Crippen LogP contribution in [-0.4, -0.2) is 54.3 Å². The molecule has 1 fully saturated rings. The molecule has 1 aliphatic heterocycles. The lowest BCUT2D eigenvalue weighted by Gasteiger charge is -2.33. The van der Waals surface area contributed by atoms with Gasteiger partial charge in [-0.2, -0.15) is 5.10 Å². The Labute approximate surface area is 243 Å². The maximum Gasteiger partial charge on any atom is 0.410 e. The first-order valence-corrected chi connectivity index (χ1v) is 13.8. The van der Waals surface area contributed by atoms with Gasteiger partial charge < -0.3 is 14.4 Å². The Balaban J connectivity index is 1.42. The molecule has 214 valence electrons. The highest BCUT2D eigenvalue weighted by atomic mass is 35.5. The van der Waals surface area contributed by atoms with Crippen molar-refractivity contribution >= 4 is 23.2 Å². The number of likely N-dealkylation sites (tertiary alicyclic amines) is 1. The van der Waals surface area contributed by atoms with Crippen molar-refractivity contribution in [1.29, 1.82) is 0 Å². The molecule has 0 spiro atoms. The molecule has 1 atom stereocenters. The minimum Gasteiger partial charge on any atom is -0.471 e. The van der Waals surface area contributed by atoms with Crippen LogP contribution < -0.4 is 4.74 Å². The van der Waals surface area contributed by atoms with Crippen LogP contribution in [0.3, 0.4) is 0 Å². The lowest BCUT2D eigenvalue weighted by atomic mass is 10.0. The molecule has 41 heavy (non-hydrogen) atoms. The SMILES string of the molecule is CC#CC(Oc1cc(-c2nnn(C3CCN(C(=O)OC(C)(C)C)CC3)c2C)cn2ncc(Cl)c12)c1ccc(F)cc1. The van der Waals surface area contributed by atoms with E-state index in [1.54, 1.807) is 34.7 Å². The third kappa shape index (κ3) is 6.15. The molecule has 1 saturated heterocycles. The first kappa shape index (κ1) is 28.4. The summed E-state index contributed by atoms with van der Waals surface area (Å²) in [5.41, 5.74) is 3.06. The van der Waals surface area contributed by atoms with E-state index in [0.717, 1.165) is 24.1 Å². The molecule has 0 bridgehead atoms. The second-order valence-corrected chi connectivity index (χ2v) is 11.4. The van der Waals surface area contributed by atoms with Crippen LogP contribution in [0.2, 0.25) is 5.02 Å². The maximum absolute atomic E-state index is 13.6. The largest absolute Gasteiger partial charge is 0.471 e. The van der Waals surface area contributed by atoms with Crippen LogP contribution in [-0.2, 0) is 4.74 Å². The molecule has 4 heterocycles. The van der Waals surface area contributed by atoms with Crippen LogP contribution in [0.4, 0.5) is 9.18 Å². The summed E-state index contributed by atoms with van der Waals surface area (Å²) in [5.74, 6) is 6.06. The van der Waals surface area contributed by atoms with Crippen LogP contribution in [0.15, 0.2) is 42.7 Å². The molecular weight excluding hydrogens is 547 g/mol. The Kier molecular flexibility index (Phi) is 7.91. The Bertz CT molecular complexity index is 1620. The minimum atomic E-state index is -0.655. The number of aromatic nitrogens is 5. The second-order valence-electron chi connectivity index (χ2n) is 11.0. The van der Waals surface area contributed by atoms with Gasteiger partial charge in [0.15, 0.2) is 6.10 Å². The molecule has 5 rings (SSSR count). The first-order chi connectivity index (χ1) is 19.5. The van der Waals surface area contributed by atoms with Crippen LogP contribution in [0, 0.1) is 24.6 Å². The molecule has 3 aromatic heterocycles. The summed E-state index contributed by atoms with van der Waals surface area (Å²) in [7, 11) is 0. The molecule has 0 saturated carbocycles. The predicted octanol–water partition coefficient (Wildman–Crippen LogP) is 6.41. The van der Waals surface area contributed by atoms with E-state index in [4.69, 9.17) is 21.1 Å². The zero-order valence-corrected chi connectivity index (χ0v) is 24.4. The number of ether oxygens (including phenoxy) is 2. The number of amides is 1. The predicted molar refractivity (Wildman–Crippen MR) is 153 cm³/mol. The van der Waals surface area contributed by atoms with Crippen molar-refractivity contribution in [2.75, 3.05) is 13.1 Å². The van der Waals surface area contributed by atoms with Crippen LogP contribution >= 0.6 is 11.6 Å². The van der Waals surface area contributed by atoms with Gasteiger partial charge >= 0.3 is 6.09 Å². The summed E-state index contributed by atoms with van der Waals surface area (Å²) in [6.07, 6.45) is 3.91. The van der Waals surface area contributed by atoms with Crippen LogP contribution in [0.25, 0.3) is 16.8 Å². The monoisotopic (exact) mass is 578 g/mol. The number of carbonyl (C=O) groups is 1. The molecule has 0 aliphatic carbocycles. The maximum atomic E-state index is 13.6. The topological polar surface area (TPSA) is 86.8 Å². The summed E-state index contributed by atoms with van der Waals surface area (Å²) in [6.45, 7) is 10.4. The van der Waals surface area contributed by atoms with Crippen molar-refractivity contribution in [2.24, 2.45) is 0 Å². The highest BCUT2D eigenvalue weighted by molar-refractivity contribution is 6.34. The number of hydrogen-bond acceptors (Lipinski definition) is 6. The van der Waals surface area contributed by atoms with E-state index in [2.05, 4.69) is 27.3 Å². The molecule has 0 radical (unpaired) electrons. The number of hydrogen-bond donors (Lipinski definition) is 0. The van der Waals surface area contributed by atoms with E-state index in [0.29, 0.717) is 40.6 Å². The Morgan fingerprint density at radius 3 is 2.56 bits per heavy atom. The highest BCUT2D eigenvalue weighted by Gasteiger charge is 2.29. The van der Waals surface area contributed by atoms with E-state index >= 15 is 0 Å². The normalized spacial score (nSPS) is 15.0. The zero-order valence-electron chi connectivity index (χ0n) is 23.7. The Hall–Kier alpha value is -4.10. The van der Waals surface area contributed by atoms with Crippen LogP contribution in [0.5, 0.6) is 5.75 Å². The van der Waals surface area contributed by atoms with Gasteiger partial charge in [-0.25, -0.2) is 18.4 Å². The number of fused-ring (bicyclic) bond motifs is 1. The van der Waals surface area contributed by atoms with E-state index in [1.807, 2.05) is 44.6 Å². The summed E-state index contributed by atoms with van der Waals surface area (Å²) in [5, 5.41) is 13.8. The van der Waals surface area contributed by atoms with E-state index in [9.17, 15) is 9.18 Å². The second kappa shape index (κ2) is 11.4. The molecule has 1 aromatic carbocycles. The number of nitrogens with zero attached hydrogens (tertiary/aromatic N) is 6. The third-order valence-electron chi connectivity index (χ3n) is 6.89. The number of piperidine rings is 1. The summed E-state index contributed by atoms with van der Waals surface area (Å²) in [4.78, 5) is 14.2. The van der Waals surface area contributed by atoms with Gasteiger partial charge in [0.25, 0.3) is 0 Å². The van der Waals surface area contributed by atoms with Gasteiger partial charge in [-0.3, -0.25) is 0 Å². The zero-order chi connectivity index (χ0) is 29.3. The number of rotatable bonds is 5. The molecule has 1 amide bonds. The van der Waals surface area contributed by atoms with Gasteiger partial charge in [-0.15, -0.1) is 11.0 Å². The fraction of sp³-hybridized carbons (Fsp3) is 0.400. The van der Waals surface area contributed by atoms with Crippen molar-refractivity contribution in [2.45, 2.75) is 65.2 Å². The first-order valence-electron chi connectivity index (χ1n) is 13.5. The fourth-order valence-corrected chi connectivity index (χ4v) is 5.14. The van der Waals surface area contributed by atoms with Gasteiger partial charge in [0, 0.05) is 30.4 Å². The van der Waals surface area contributed by atoms with Crippen molar-refractivity contribution in [1.82, 2.24) is 29.5 Å². The van der Waals surface area contributed by atoms with E-state index < -0.39 is 11.7 Å². The summed E-state index contributed by atoms with van der Waals surface area (Å²) >= 11 is 6.49. The standard InChI is InChI=1S/C30H32ClFN6O3/c1-6-7-25(20-8-10-22(32)11-9-20)40-26-16-21(18-37-28(26)24(31)17-33-37)27-19(2)38(35-34-27)23-12-14-36(15-13-23)29(39)41-30(3,4)5/h8-11,16-18,23,25H,12-15H2,1-5H3. The summed E-state index contributed by atoms with van der Waals surface area (Å²) < 4.78 is 29.0. The molecular formula is C30H32ClFN6O3. The number of benzene rings is 1. The smallest absolute Gasteiger partial charge is 0.410 e. The van der Waals surface area contributed by atoms with Crippen molar-refractivity contribution in [3.8, 4) is 28.8 Å². The Morgan fingerprint density at radius 2 is 1.90 bits per heavy atom. The lowest BCUT2D eigenvalue weighted by Crippen LogP contribution is -2.42. The van der Waals surface area contributed by atoms with Crippen molar-refractivity contribution < 1.29 is 18.7 Å². The molecule has 1 unspecified atom stereocenters. The lowest BCUT2D eigenvalue weighted by molar-refractivity contribution is 0.0184. The number of carbonyl (C=O) groups excluding carboxylic acids is 1. The minimum absolute atomic E-state index is 0.0937. The molecule has 9 nitrogen and oxygen atoms in total. The molecule has 11 heteroatoms. The Morgan fingerprint density at radius 1 is 1.20 bits per heavy atom. The van der Waals surface area contributed by atoms with E-state index in [1.165, 1.54) is 12.1 Å². The number of halogens is 2. The van der Waals surface area contributed by atoms with Crippen molar-refractivity contribution in [3.63, 3.8) is 0 Å². The number of pyridine rings is 1. The average Bonchev–Trinajstić information content (AvgIpc) is 3.50. The van der Waals surface area contributed by atoms with Gasteiger partial charge in [-0.1, -0.05) is 34.9 Å². The molecule has 0 N–H and O–H groups in total. The summed E-state index contributed by atoms with van der Waals surface area (Å²) in [6, 6.07) is 7.99. The average molecular weight is 579 g/mol. The van der Waals surface area contributed by atoms with Gasteiger partial charge in [0.1, 0.15) is 28.4 Å². The molecule has 4 aromatic rings. The van der Waals surface area contributed by atoms with Gasteiger partial charge in [-0.05, 0) is 65.7 Å². The third-order valence-corrected chi connectivity index (χ3v) is 7.16. The highest BCUT2D eigenvalue weighted by Crippen LogP contribution is 2.36. The van der Waals surface area contributed by atoms with Gasteiger partial charge in [0.2, 0.25) is 0 Å². The van der Waals surface area contributed by atoms with E-state index in [-0.39, 0.29) is 18.0 Å². The van der Waals surface area contributed by atoms with Crippen molar-refractivity contribution in [3.05, 3.63) is 64.8 Å².